The molecule has 0 radical (unpaired) electrons. The topological polar surface area (TPSA) is 114 Å². The van der Waals surface area contributed by atoms with Gasteiger partial charge in [-0.25, -0.2) is 0 Å². The summed E-state index contributed by atoms with van der Waals surface area (Å²) in [6.07, 6.45) is 1.20. The SMILES string of the molecule is CNC(C)C(=O)NC1CCc2ccccc2N(Cc2c(OC)ccc3cc(-c4nnn(C)n4)ccc23)C1=O. The van der Waals surface area contributed by atoms with Gasteiger partial charge in [0.05, 0.1) is 26.7 Å². The first-order valence-corrected chi connectivity index (χ1v) is 12.6. The summed E-state index contributed by atoms with van der Waals surface area (Å²) in [4.78, 5) is 29.8. The molecule has 0 spiro atoms. The van der Waals surface area contributed by atoms with Crippen molar-refractivity contribution < 1.29 is 14.3 Å². The Morgan fingerprint density at radius 1 is 1.18 bits per heavy atom. The molecule has 2 atom stereocenters. The summed E-state index contributed by atoms with van der Waals surface area (Å²) in [6.45, 7) is 2.06. The molecule has 196 valence electrons. The predicted molar refractivity (Wildman–Crippen MR) is 145 cm³/mol. The van der Waals surface area contributed by atoms with Gasteiger partial charge in [0.15, 0.2) is 0 Å². The van der Waals surface area contributed by atoms with Gasteiger partial charge >= 0.3 is 0 Å². The molecule has 2 amide bonds. The van der Waals surface area contributed by atoms with Crippen LogP contribution in [0.4, 0.5) is 5.69 Å². The van der Waals surface area contributed by atoms with Crippen LogP contribution in [0, 0.1) is 0 Å². The minimum absolute atomic E-state index is 0.147. The van der Waals surface area contributed by atoms with Crippen LogP contribution in [-0.2, 0) is 29.6 Å². The van der Waals surface area contributed by atoms with Crippen molar-refractivity contribution >= 4 is 28.3 Å². The molecule has 10 heteroatoms. The van der Waals surface area contributed by atoms with Crippen molar-refractivity contribution in [3.63, 3.8) is 0 Å². The highest BCUT2D eigenvalue weighted by Gasteiger charge is 2.33. The van der Waals surface area contributed by atoms with E-state index in [2.05, 4.69) is 26.0 Å². The van der Waals surface area contributed by atoms with Gasteiger partial charge in [0.1, 0.15) is 11.8 Å². The zero-order chi connectivity index (χ0) is 26.8. The molecule has 38 heavy (non-hydrogen) atoms. The standard InChI is InChI=1S/C28H31N7O3/c1-17(29-2)27(36)30-23-13-10-18-7-5-6-8-24(18)35(28(23)37)16-22-21-12-9-20(26-31-33-34(3)32-26)15-19(21)11-14-25(22)38-4/h5-9,11-12,14-15,17,23,29H,10,13,16H2,1-4H3,(H,30,36). The van der Waals surface area contributed by atoms with Crippen molar-refractivity contribution in [2.24, 2.45) is 7.05 Å². The van der Waals surface area contributed by atoms with E-state index in [9.17, 15) is 9.59 Å². The van der Waals surface area contributed by atoms with Crippen LogP contribution in [0.25, 0.3) is 22.2 Å². The predicted octanol–water partition coefficient (Wildman–Crippen LogP) is 2.61. The third-order valence-electron chi connectivity index (χ3n) is 7.08. The van der Waals surface area contributed by atoms with Crippen LogP contribution in [-0.4, -0.2) is 58.3 Å². The Morgan fingerprint density at radius 3 is 2.74 bits per heavy atom. The number of ether oxygens (including phenoxy) is 1. The summed E-state index contributed by atoms with van der Waals surface area (Å²) < 4.78 is 5.75. The molecule has 3 aromatic carbocycles. The Labute approximate surface area is 221 Å². The van der Waals surface area contributed by atoms with E-state index in [-0.39, 0.29) is 18.4 Å². The molecule has 0 saturated heterocycles. The Morgan fingerprint density at radius 2 is 2.00 bits per heavy atom. The second kappa shape index (κ2) is 10.6. The molecule has 2 heterocycles. The lowest BCUT2D eigenvalue weighted by molar-refractivity contribution is -0.128. The molecule has 0 aliphatic carbocycles. The lowest BCUT2D eigenvalue weighted by Gasteiger charge is -2.28. The van der Waals surface area contributed by atoms with Crippen LogP contribution in [0.3, 0.4) is 0 Å². The van der Waals surface area contributed by atoms with Gasteiger partial charge in [0.2, 0.25) is 17.6 Å². The Bertz CT molecular complexity index is 1500. The number of aromatic nitrogens is 4. The van der Waals surface area contributed by atoms with E-state index in [1.54, 1.807) is 33.0 Å². The molecule has 2 N–H and O–H groups in total. The van der Waals surface area contributed by atoms with E-state index >= 15 is 0 Å². The summed E-state index contributed by atoms with van der Waals surface area (Å²) in [7, 11) is 5.08. The first-order valence-electron chi connectivity index (χ1n) is 12.6. The Hall–Kier alpha value is -4.31. The van der Waals surface area contributed by atoms with E-state index in [1.165, 1.54) is 4.80 Å². The van der Waals surface area contributed by atoms with Crippen molar-refractivity contribution in [2.75, 3.05) is 19.1 Å². The molecule has 0 bridgehead atoms. The van der Waals surface area contributed by atoms with Crippen LogP contribution in [0.15, 0.2) is 54.6 Å². The number of fused-ring (bicyclic) bond motifs is 2. The number of rotatable bonds is 7. The van der Waals surface area contributed by atoms with Gasteiger partial charge in [-0.15, -0.1) is 10.2 Å². The number of hydrogen-bond donors (Lipinski definition) is 2. The molecule has 0 saturated carbocycles. The van der Waals surface area contributed by atoms with Crippen LogP contribution in [0.1, 0.15) is 24.5 Å². The zero-order valence-electron chi connectivity index (χ0n) is 21.9. The Balaban J connectivity index is 1.56. The normalized spacial score (nSPS) is 16.2. The number of carbonyl (C=O) groups excluding carboxylic acids is 2. The minimum Gasteiger partial charge on any atom is -0.496 e. The fraction of sp³-hybridized carbons (Fsp3) is 0.321. The lowest BCUT2D eigenvalue weighted by Crippen LogP contribution is -2.52. The van der Waals surface area contributed by atoms with Gasteiger partial charge in [-0.05, 0) is 66.6 Å². The molecule has 0 fully saturated rings. The highest BCUT2D eigenvalue weighted by molar-refractivity contribution is 6.02. The summed E-state index contributed by atoms with van der Waals surface area (Å²) >= 11 is 0. The number of nitrogens with zero attached hydrogens (tertiary/aromatic N) is 5. The molecule has 1 aliphatic heterocycles. The molecule has 1 aromatic heterocycles. The van der Waals surface area contributed by atoms with Crippen molar-refractivity contribution in [1.29, 1.82) is 0 Å². The smallest absolute Gasteiger partial charge is 0.249 e. The maximum absolute atomic E-state index is 14.0. The summed E-state index contributed by atoms with van der Waals surface area (Å²) in [5, 5.41) is 20.2. The van der Waals surface area contributed by atoms with E-state index in [1.807, 2.05) is 54.6 Å². The first kappa shape index (κ1) is 25.3. The Kier molecular flexibility index (Phi) is 7.06. The largest absolute Gasteiger partial charge is 0.496 e. The van der Waals surface area contributed by atoms with Crippen LogP contribution in [0.5, 0.6) is 5.75 Å². The summed E-state index contributed by atoms with van der Waals surface area (Å²) in [5.74, 6) is 0.871. The number of likely N-dealkylation sites (N-methyl/N-ethyl adjacent to an activating group) is 1. The van der Waals surface area contributed by atoms with Crippen molar-refractivity contribution in [3.8, 4) is 17.1 Å². The highest BCUT2D eigenvalue weighted by Crippen LogP contribution is 2.35. The number of para-hydroxylation sites is 1. The van der Waals surface area contributed by atoms with Crippen LogP contribution >= 0.6 is 0 Å². The van der Waals surface area contributed by atoms with Gasteiger partial charge < -0.3 is 20.3 Å². The van der Waals surface area contributed by atoms with E-state index < -0.39 is 12.1 Å². The zero-order valence-corrected chi connectivity index (χ0v) is 21.9. The van der Waals surface area contributed by atoms with Crippen molar-refractivity contribution in [3.05, 3.63) is 65.7 Å². The van der Waals surface area contributed by atoms with Gasteiger partial charge in [-0.1, -0.05) is 36.4 Å². The number of nitrogens with one attached hydrogen (secondary N) is 2. The number of amides is 2. The van der Waals surface area contributed by atoms with Crippen molar-refractivity contribution in [2.45, 2.75) is 38.4 Å². The quantitative estimate of drug-likeness (QED) is 0.390. The number of tetrazole rings is 1. The van der Waals surface area contributed by atoms with E-state index in [4.69, 9.17) is 4.74 Å². The van der Waals surface area contributed by atoms with E-state index in [0.29, 0.717) is 24.4 Å². The van der Waals surface area contributed by atoms with Gasteiger partial charge in [0, 0.05) is 16.8 Å². The highest BCUT2D eigenvalue weighted by atomic mass is 16.5. The molecule has 5 rings (SSSR count). The summed E-state index contributed by atoms with van der Waals surface area (Å²) in [6, 6.07) is 16.7. The van der Waals surface area contributed by atoms with E-state index in [0.717, 1.165) is 33.2 Å². The van der Waals surface area contributed by atoms with Gasteiger partial charge in [-0.3, -0.25) is 9.59 Å². The minimum atomic E-state index is -0.638. The fourth-order valence-corrected chi connectivity index (χ4v) is 4.87. The van der Waals surface area contributed by atoms with Crippen molar-refractivity contribution in [1.82, 2.24) is 30.8 Å². The average Bonchev–Trinajstić information content (AvgIpc) is 3.33. The maximum atomic E-state index is 14.0. The molecule has 4 aromatic rings. The number of benzene rings is 3. The lowest BCUT2D eigenvalue weighted by atomic mass is 10.00. The van der Waals surface area contributed by atoms with Crippen LogP contribution < -0.4 is 20.3 Å². The number of methoxy groups -OCH3 is 1. The molecule has 10 nitrogen and oxygen atoms in total. The number of aryl methyl sites for hydroxylation is 2. The third-order valence-corrected chi connectivity index (χ3v) is 7.08. The first-order chi connectivity index (χ1) is 18.4. The molecule has 1 aliphatic rings. The number of hydrogen-bond acceptors (Lipinski definition) is 7. The van der Waals surface area contributed by atoms with Gasteiger partial charge in [-0.2, -0.15) is 4.80 Å². The second-order valence-electron chi connectivity index (χ2n) is 9.45. The monoisotopic (exact) mass is 513 g/mol. The average molecular weight is 514 g/mol. The number of anilines is 1. The molecular weight excluding hydrogens is 482 g/mol. The second-order valence-corrected chi connectivity index (χ2v) is 9.45. The molecule has 2 unspecified atom stereocenters. The van der Waals surface area contributed by atoms with Crippen LogP contribution in [0.2, 0.25) is 0 Å². The number of carbonyl (C=O) groups is 2. The maximum Gasteiger partial charge on any atom is 0.249 e. The fourth-order valence-electron chi connectivity index (χ4n) is 4.87. The summed E-state index contributed by atoms with van der Waals surface area (Å²) in [5.41, 5.74) is 3.63. The third kappa shape index (κ3) is 4.82. The van der Waals surface area contributed by atoms with Gasteiger partial charge in [0.25, 0.3) is 0 Å². The molecular formula is C28H31N7O3.